The van der Waals surface area contributed by atoms with Crippen molar-refractivity contribution in [3.63, 3.8) is 0 Å². The van der Waals surface area contributed by atoms with Crippen LogP contribution in [-0.4, -0.2) is 47.9 Å². The van der Waals surface area contributed by atoms with E-state index in [-0.39, 0.29) is 30.3 Å². The van der Waals surface area contributed by atoms with Crippen molar-refractivity contribution in [3.8, 4) is 5.75 Å². The third-order valence-corrected chi connectivity index (χ3v) is 7.63. The van der Waals surface area contributed by atoms with Crippen LogP contribution in [0.25, 0.3) is 0 Å². The summed E-state index contributed by atoms with van der Waals surface area (Å²) in [5.74, 6) is 1.55. The van der Waals surface area contributed by atoms with Gasteiger partial charge in [-0.05, 0) is 60.7 Å². The minimum Gasteiger partial charge on any atom is -0.491 e. The molecule has 5 nitrogen and oxygen atoms in total. The maximum absolute atomic E-state index is 13.6. The molecular formula is C28H40N2O3S. The molecule has 0 fully saturated rings. The molecule has 3 rings (SSSR count). The number of hydrogen-bond donors (Lipinski definition) is 0. The van der Waals surface area contributed by atoms with E-state index in [0.29, 0.717) is 32.0 Å². The third-order valence-electron chi connectivity index (χ3n) is 6.63. The lowest BCUT2D eigenvalue weighted by atomic mass is 10.00. The summed E-state index contributed by atoms with van der Waals surface area (Å²) >= 11 is 1.75. The van der Waals surface area contributed by atoms with E-state index in [1.165, 1.54) is 16.0 Å². The summed E-state index contributed by atoms with van der Waals surface area (Å²) in [5.41, 5.74) is 3.47. The van der Waals surface area contributed by atoms with Crippen molar-refractivity contribution in [3.05, 3.63) is 51.2 Å². The fraction of sp³-hybridized carbons (Fsp3) is 0.571. The summed E-state index contributed by atoms with van der Waals surface area (Å²) in [6, 6.07) is 8.15. The summed E-state index contributed by atoms with van der Waals surface area (Å²) in [7, 11) is 0. The molecule has 1 aromatic carbocycles. The minimum absolute atomic E-state index is 0.00601. The van der Waals surface area contributed by atoms with Gasteiger partial charge in [0.2, 0.25) is 11.8 Å². The molecule has 1 aliphatic heterocycles. The third kappa shape index (κ3) is 6.62. The standard InChI is InChI=1S/C28H40N2O3S/c1-7-20(4)16-29(27(31)14-19(2)3)17-28(32)30-12-10-26-23(11-13-34-26)24(30)18-33-25-9-8-21(5)15-22(25)6/h8-9,11,13,15,19-20,24H,7,10,12,14,16-18H2,1-6H3. The second-order valence-corrected chi connectivity index (χ2v) is 11.1. The number of aryl methyl sites for hydroxylation is 2. The normalized spacial score (nSPS) is 16.3. The van der Waals surface area contributed by atoms with Crippen molar-refractivity contribution in [1.82, 2.24) is 9.80 Å². The predicted octanol–water partition coefficient (Wildman–Crippen LogP) is 5.79. The van der Waals surface area contributed by atoms with Gasteiger partial charge in [0.15, 0.2) is 0 Å². The fourth-order valence-electron chi connectivity index (χ4n) is 4.50. The SMILES string of the molecule is CCC(C)CN(CC(=O)N1CCc2sccc2C1COc1ccc(C)cc1C)C(=O)CC(C)C. The molecule has 0 radical (unpaired) electrons. The Kier molecular flexibility index (Phi) is 9.17. The second-order valence-electron chi connectivity index (χ2n) is 10.1. The van der Waals surface area contributed by atoms with Crippen LogP contribution in [0.4, 0.5) is 0 Å². The van der Waals surface area contributed by atoms with E-state index < -0.39 is 0 Å². The van der Waals surface area contributed by atoms with Crippen LogP contribution in [0.3, 0.4) is 0 Å². The van der Waals surface area contributed by atoms with Crippen LogP contribution in [-0.2, 0) is 16.0 Å². The highest BCUT2D eigenvalue weighted by molar-refractivity contribution is 7.10. The first kappa shape index (κ1) is 26.3. The average molecular weight is 485 g/mol. The maximum atomic E-state index is 13.6. The van der Waals surface area contributed by atoms with Crippen LogP contribution in [0.15, 0.2) is 29.6 Å². The number of hydrogen-bond acceptors (Lipinski definition) is 4. The zero-order valence-corrected chi connectivity index (χ0v) is 22.4. The molecule has 34 heavy (non-hydrogen) atoms. The lowest BCUT2D eigenvalue weighted by molar-refractivity contribution is -0.143. The van der Waals surface area contributed by atoms with Crippen LogP contribution >= 0.6 is 11.3 Å². The topological polar surface area (TPSA) is 49.9 Å². The predicted molar refractivity (Wildman–Crippen MR) is 139 cm³/mol. The second kappa shape index (κ2) is 11.9. The number of nitrogens with zero attached hydrogens (tertiary/aromatic N) is 2. The molecule has 2 aromatic rings. The zero-order valence-electron chi connectivity index (χ0n) is 21.6. The van der Waals surface area contributed by atoms with E-state index in [0.717, 1.165) is 24.2 Å². The minimum atomic E-state index is -0.145. The monoisotopic (exact) mass is 484 g/mol. The number of rotatable bonds is 10. The lowest BCUT2D eigenvalue weighted by Crippen LogP contribution is -2.48. The van der Waals surface area contributed by atoms with Gasteiger partial charge in [0.25, 0.3) is 0 Å². The van der Waals surface area contributed by atoms with Crippen LogP contribution in [0.2, 0.25) is 0 Å². The summed E-state index contributed by atoms with van der Waals surface area (Å²) in [6.45, 7) is 14.3. The van der Waals surface area contributed by atoms with E-state index in [1.807, 2.05) is 24.8 Å². The highest BCUT2D eigenvalue weighted by Crippen LogP contribution is 2.34. The summed E-state index contributed by atoms with van der Waals surface area (Å²) in [5, 5.41) is 2.10. The van der Waals surface area contributed by atoms with Gasteiger partial charge in [-0.15, -0.1) is 11.3 Å². The van der Waals surface area contributed by atoms with E-state index in [1.54, 1.807) is 16.2 Å². The quantitative estimate of drug-likeness (QED) is 0.429. The van der Waals surface area contributed by atoms with Crippen LogP contribution < -0.4 is 4.74 Å². The Morgan fingerprint density at radius 3 is 2.65 bits per heavy atom. The number of carbonyl (C=O) groups excluding carboxylic acids is 2. The first-order chi connectivity index (χ1) is 16.2. The Balaban J connectivity index is 1.78. The molecule has 2 atom stereocenters. The largest absolute Gasteiger partial charge is 0.491 e. The molecule has 0 saturated heterocycles. The van der Waals surface area contributed by atoms with Gasteiger partial charge < -0.3 is 14.5 Å². The first-order valence-corrected chi connectivity index (χ1v) is 13.4. The molecule has 6 heteroatoms. The Bertz CT molecular complexity index is 984. The number of ether oxygens (including phenoxy) is 1. The van der Waals surface area contributed by atoms with Gasteiger partial charge in [-0.2, -0.15) is 0 Å². The van der Waals surface area contributed by atoms with Crippen molar-refractivity contribution in [2.24, 2.45) is 11.8 Å². The van der Waals surface area contributed by atoms with E-state index in [9.17, 15) is 9.59 Å². The fourth-order valence-corrected chi connectivity index (χ4v) is 5.43. The van der Waals surface area contributed by atoms with Gasteiger partial charge in [-0.3, -0.25) is 9.59 Å². The molecule has 0 aliphatic carbocycles. The van der Waals surface area contributed by atoms with Crippen molar-refractivity contribution in [2.45, 2.75) is 66.8 Å². The molecule has 186 valence electrons. The average Bonchev–Trinajstić information content (AvgIpc) is 3.26. The van der Waals surface area contributed by atoms with E-state index in [2.05, 4.69) is 51.3 Å². The number of carbonyl (C=O) groups is 2. The first-order valence-electron chi connectivity index (χ1n) is 12.5. The van der Waals surface area contributed by atoms with Gasteiger partial charge in [0.05, 0.1) is 12.6 Å². The number of fused-ring (bicyclic) bond motifs is 1. The molecular weight excluding hydrogens is 444 g/mol. The molecule has 0 N–H and O–H groups in total. The van der Waals surface area contributed by atoms with Gasteiger partial charge in [-0.25, -0.2) is 0 Å². The van der Waals surface area contributed by atoms with Gasteiger partial charge in [-0.1, -0.05) is 51.8 Å². The number of benzene rings is 1. The van der Waals surface area contributed by atoms with Gasteiger partial charge in [0, 0.05) is 24.4 Å². The van der Waals surface area contributed by atoms with Crippen molar-refractivity contribution in [1.29, 1.82) is 0 Å². The molecule has 2 heterocycles. The van der Waals surface area contributed by atoms with E-state index >= 15 is 0 Å². The van der Waals surface area contributed by atoms with Crippen LogP contribution in [0, 0.1) is 25.7 Å². The molecule has 2 amide bonds. The Morgan fingerprint density at radius 2 is 1.97 bits per heavy atom. The molecule has 0 spiro atoms. The summed E-state index contributed by atoms with van der Waals surface area (Å²) < 4.78 is 6.26. The molecule has 1 aliphatic rings. The molecule has 1 aromatic heterocycles. The smallest absolute Gasteiger partial charge is 0.242 e. The van der Waals surface area contributed by atoms with Crippen LogP contribution in [0.1, 0.15) is 68.1 Å². The maximum Gasteiger partial charge on any atom is 0.242 e. The Labute approximate surface area is 209 Å². The molecule has 2 unspecified atom stereocenters. The summed E-state index contributed by atoms with van der Waals surface area (Å²) in [4.78, 5) is 31.6. The highest BCUT2D eigenvalue weighted by Gasteiger charge is 2.33. The summed E-state index contributed by atoms with van der Waals surface area (Å²) in [6.07, 6.45) is 2.30. The Morgan fingerprint density at radius 1 is 1.21 bits per heavy atom. The Hall–Kier alpha value is -2.34. The van der Waals surface area contributed by atoms with Gasteiger partial charge in [0.1, 0.15) is 12.4 Å². The number of thiophene rings is 1. The highest BCUT2D eigenvalue weighted by atomic mass is 32.1. The number of amides is 2. The van der Waals surface area contributed by atoms with Crippen molar-refractivity contribution in [2.75, 3.05) is 26.2 Å². The molecule has 0 saturated carbocycles. The lowest BCUT2D eigenvalue weighted by Gasteiger charge is -2.37. The molecule has 0 bridgehead atoms. The van der Waals surface area contributed by atoms with Crippen molar-refractivity contribution >= 4 is 23.2 Å². The van der Waals surface area contributed by atoms with Crippen LogP contribution in [0.5, 0.6) is 5.75 Å². The van der Waals surface area contributed by atoms with E-state index in [4.69, 9.17) is 4.74 Å². The van der Waals surface area contributed by atoms with Gasteiger partial charge >= 0.3 is 0 Å². The zero-order chi connectivity index (χ0) is 24.8. The van der Waals surface area contributed by atoms with Crippen molar-refractivity contribution < 1.29 is 14.3 Å².